The lowest BCUT2D eigenvalue weighted by Gasteiger charge is -2.32. The molecule has 53 heavy (non-hydrogen) atoms. The molecule has 3 heterocycles. The second-order valence-corrected chi connectivity index (χ2v) is 13.7. The minimum Gasteiger partial charge on any atom is -0.458 e. The summed E-state index contributed by atoms with van der Waals surface area (Å²) in [6.45, 7) is -0.0173. The van der Waals surface area contributed by atoms with E-state index in [1.807, 2.05) is 42.5 Å². The van der Waals surface area contributed by atoms with E-state index in [1.165, 1.54) is 22.3 Å². The van der Waals surface area contributed by atoms with E-state index in [0.717, 1.165) is 78.4 Å². The highest BCUT2D eigenvalue weighted by molar-refractivity contribution is 6.98. The van der Waals surface area contributed by atoms with E-state index in [1.54, 1.807) is 0 Å². The van der Waals surface area contributed by atoms with Gasteiger partial charge in [0.15, 0.2) is 0 Å². The van der Waals surface area contributed by atoms with Gasteiger partial charge in [0.2, 0.25) is 0 Å². The Morgan fingerprint density at radius 1 is 0.358 bits per heavy atom. The molecular weight excluding hydrogens is 649 g/mol. The van der Waals surface area contributed by atoms with Gasteiger partial charge in [0.25, 0.3) is 6.71 Å². The van der Waals surface area contributed by atoms with Crippen molar-refractivity contribution in [1.82, 2.24) is 0 Å². The second kappa shape index (κ2) is 11.8. The third kappa shape index (κ3) is 4.85. The van der Waals surface area contributed by atoms with E-state index in [2.05, 4.69) is 144 Å². The molecule has 2 aliphatic rings. The van der Waals surface area contributed by atoms with Crippen LogP contribution in [-0.2, 0) is 0 Å². The van der Waals surface area contributed by atoms with Crippen LogP contribution in [0.1, 0.15) is 0 Å². The average Bonchev–Trinajstić information content (AvgIpc) is 3.58. The zero-order valence-corrected chi connectivity index (χ0v) is 28.6. The van der Waals surface area contributed by atoms with Crippen molar-refractivity contribution in [2.45, 2.75) is 0 Å². The summed E-state index contributed by atoms with van der Waals surface area (Å²) in [7, 11) is 0. The fraction of sp³-hybridized carbons (Fsp3) is 0. The minimum absolute atomic E-state index is 0.0173. The van der Waals surface area contributed by atoms with Crippen LogP contribution in [0.25, 0.3) is 44.2 Å². The highest BCUT2D eigenvalue weighted by Gasteiger charge is 2.40. The molecule has 0 amide bonds. The molecule has 248 valence electrons. The SMILES string of the molecule is c1ccc(-c2ccc(N(c3ccc(-c4ccccc4)cc3)c3ccc4c(c3)oc3cc5c(cc34)Oc3cccc4c3B5c3ccccc3O4)cc2)cc1. The number of hydrogen-bond donors (Lipinski definition) is 0. The van der Waals surface area contributed by atoms with Crippen molar-refractivity contribution in [2.24, 2.45) is 0 Å². The van der Waals surface area contributed by atoms with Gasteiger partial charge in [-0.05, 0) is 99.9 Å². The number of hydrogen-bond acceptors (Lipinski definition) is 4. The van der Waals surface area contributed by atoms with Gasteiger partial charge in [-0.3, -0.25) is 0 Å². The van der Waals surface area contributed by atoms with Crippen LogP contribution in [0.5, 0.6) is 23.0 Å². The van der Waals surface area contributed by atoms with Gasteiger partial charge >= 0.3 is 0 Å². The predicted molar refractivity (Wildman–Crippen MR) is 217 cm³/mol. The van der Waals surface area contributed by atoms with Gasteiger partial charge in [-0.1, -0.05) is 109 Å². The first kappa shape index (κ1) is 29.7. The molecule has 1 aromatic heterocycles. The molecule has 0 aliphatic carbocycles. The van der Waals surface area contributed by atoms with Crippen molar-refractivity contribution in [3.63, 3.8) is 0 Å². The number of fused-ring (bicyclic) bond motifs is 7. The van der Waals surface area contributed by atoms with Crippen molar-refractivity contribution >= 4 is 62.1 Å². The van der Waals surface area contributed by atoms with E-state index in [9.17, 15) is 0 Å². The van der Waals surface area contributed by atoms with Crippen molar-refractivity contribution < 1.29 is 13.9 Å². The van der Waals surface area contributed by atoms with Crippen LogP contribution in [0.15, 0.2) is 186 Å². The fourth-order valence-corrected chi connectivity index (χ4v) is 8.09. The molecule has 0 saturated carbocycles. The smallest absolute Gasteiger partial charge is 0.260 e. The zero-order chi connectivity index (χ0) is 34.9. The minimum atomic E-state index is -0.0173. The number of para-hydroxylation sites is 1. The van der Waals surface area contributed by atoms with Gasteiger partial charge in [0.05, 0.1) is 0 Å². The monoisotopic (exact) mass is 679 g/mol. The summed E-state index contributed by atoms with van der Waals surface area (Å²) in [5.41, 5.74) is 12.8. The molecule has 8 aromatic carbocycles. The first-order valence-corrected chi connectivity index (χ1v) is 17.9. The summed E-state index contributed by atoms with van der Waals surface area (Å²) in [6.07, 6.45) is 0. The summed E-state index contributed by atoms with van der Waals surface area (Å²) in [5.74, 6) is 3.38. The van der Waals surface area contributed by atoms with Crippen LogP contribution in [0.3, 0.4) is 0 Å². The number of ether oxygens (including phenoxy) is 2. The molecule has 2 aliphatic heterocycles. The first-order valence-electron chi connectivity index (χ1n) is 17.9. The van der Waals surface area contributed by atoms with Crippen molar-refractivity contribution in [3.05, 3.63) is 182 Å². The third-order valence-corrected chi connectivity index (χ3v) is 10.6. The highest BCUT2D eigenvalue weighted by Crippen LogP contribution is 2.42. The molecule has 9 aromatic rings. The lowest BCUT2D eigenvalue weighted by molar-refractivity contribution is 0.465. The summed E-state index contributed by atoms with van der Waals surface area (Å²) in [5, 5.41) is 2.07. The Morgan fingerprint density at radius 3 is 1.55 bits per heavy atom. The van der Waals surface area contributed by atoms with Crippen LogP contribution in [0.4, 0.5) is 17.1 Å². The van der Waals surface area contributed by atoms with Crippen LogP contribution in [0, 0.1) is 0 Å². The first-order chi connectivity index (χ1) is 26.2. The highest BCUT2D eigenvalue weighted by atomic mass is 16.5. The number of nitrogens with zero attached hydrogens (tertiary/aromatic N) is 1. The number of rotatable bonds is 5. The molecular formula is C48H30BNO3. The van der Waals surface area contributed by atoms with Crippen molar-refractivity contribution in [3.8, 4) is 45.3 Å². The molecule has 4 nitrogen and oxygen atoms in total. The Kier molecular flexibility index (Phi) is 6.61. The van der Waals surface area contributed by atoms with E-state index < -0.39 is 0 Å². The van der Waals surface area contributed by atoms with Crippen molar-refractivity contribution in [1.29, 1.82) is 0 Å². The topological polar surface area (TPSA) is 34.8 Å². The average molecular weight is 680 g/mol. The van der Waals surface area contributed by atoms with E-state index in [-0.39, 0.29) is 6.71 Å². The Morgan fingerprint density at radius 2 is 0.887 bits per heavy atom. The Balaban J connectivity index is 1.04. The van der Waals surface area contributed by atoms with E-state index in [0.29, 0.717) is 0 Å². The van der Waals surface area contributed by atoms with Gasteiger partial charge in [-0.25, -0.2) is 0 Å². The second-order valence-electron chi connectivity index (χ2n) is 13.7. The van der Waals surface area contributed by atoms with Crippen LogP contribution in [0.2, 0.25) is 0 Å². The molecule has 0 unspecified atom stereocenters. The van der Waals surface area contributed by atoms with Crippen molar-refractivity contribution in [2.75, 3.05) is 4.90 Å². The number of anilines is 3. The maximum atomic E-state index is 6.74. The molecule has 0 fully saturated rings. The van der Waals surface area contributed by atoms with Crippen LogP contribution in [-0.4, -0.2) is 6.71 Å². The van der Waals surface area contributed by atoms with Crippen LogP contribution < -0.4 is 30.8 Å². The Labute approximate surface area is 307 Å². The molecule has 11 rings (SSSR count). The number of furan rings is 1. The van der Waals surface area contributed by atoms with Gasteiger partial charge in [0, 0.05) is 39.4 Å². The Bertz CT molecular complexity index is 2750. The van der Waals surface area contributed by atoms with Gasteiger partial charge in [-0.15, -0.1) is 0 Å². The molecule has 0 atom stereocenters. The van der Waals surface area contributed by atoms with Gasteiger partial charge in [0.1, 0.15) is 34.2 Å². The molecule has 0 radical (unpaired) electrons. The fourth-order valence-electron chi connectivity index (χ4n) is 8.09. The molecule has 0 saturated heterocycles. The molecule has 0 N–H and O–H groups in total. The van der Waals surface area contributed by atoms with Gasteiger partial charge in [-0.2, -0.15) is 0 Å². The molecule has 0 bridgehead atoms. The molecule has 0 spiro atoms. The number of benzene rings is 8. The van der Waals surface area contributed by atoms with E-state index >= 15 is 0 Å². The lowest BCUT2D eigenvalue weighted by Crippen LogP contribution is -2.57. The summed E-state index contributed by atoms with van der Waals surface area (Å²) >= 11 is 0. The maximum Gasteiger partial charge on any atom is 0.260 e. The summed E-state index contributed by atoms with van der Waals surface area (Å²) in [4.78, 5) is 2.29. The lowest BCUT2D eigenvalue weighted by atomic mass is 9.35. The largest absolute Gasteiger partial charge is 0.458 e. The van der Waals surface area contributed by atoms with Gasteiger partial charge < -0.3 is 18.8 Å². The standard InChI is InChI=1S/C48H30BNO3/c1-3-10-31(11-4-1)33-18-22-35(23-19-33)50(36-24-20-34(21-25-36)32-12-5-2-6-13-32)37-26-27-38-39-29-47-41(30-46(39)53-45(38)28-37)49-40-14-7-8-15-42(40)51-43-16-9-17-44(52-47)48(43)49/h1-30H. The molecule has 5 heteroatoms. The third-order valence-electron chi connectivity index (χ3n) is 10.6. The Hall–Kier alpha value is -6.98. The quantitative estimate of drug-likeness (QED) is 0.170. The normalized spacial score (nSPS) is 12.4. The van der Waals surface area contributed by atoms with E-state index in [4.69, 9.17) is 13.9 Å². The predicted octanol–water partition coefficient (Wildman–Crippen LogP) is 11.1. The summed E-state index contributed by atoms with van der Waals surface area (Å²) < 4.78 is 19.7. The zero-order valence-electron chi connectivity index (χ0n) is 28.6. The summed E-state index contributed by atoms with van der Waals surface area (Å²) in [6, 6.07) is 63.7. The maximum absolute atomic E-state index is 6.74. The van der Waals surface area contributed by atoms with Crippen LogP contribution >= 0.6 is 0 Å².